The Morgan fingerprint density at radius 2 is 2.06 bits per heavy atom. The monoisotopic (exact) mass is 233 g/mol. The van der Waals surface area contributed by atoms with Crippen molar-refractivity contribution in [2.45, 2.75) is 50.7 Å². The zero-order valence-electron chi connectivity index (χ0n) is 10.6. The molecule has 0 spiro atoms. The number of aliphatic hydroxyl groups is 1. The number of hydrogen-bond donors (Lipinski definition) is 2. The first-order valence-corrected chi connectivity index (χ1v) is 6.74. The van der Waals surface area contributed by atoms with Crippen molar-refractivity contribution in [3.05, 3.63) is 35.9 Å². The first kappa shape index (κ1) is 12.6. The van der Waals surface area contributed by atoms with Gasteiger partial charge in [-0.2, -0.15) is 0 Å². The van der Waals surface area contributed by atoms with Crippen molar-refractivity contribution < 1.29 is 5.11 Å². The van der Waals surface area contributed by atoms with Gasteiger partial charge in [-0.15, -0.1) is 0 Å². The summed E-state index contributed by atoms with van der Waals surface area (Å²) >= 11 is 0. The highest BCUT2D eigenvalue weighted by Gasteiger charge is 2.23. The zero-order valence-corrected chi connectivity index (χ0v) is 10.6. The number of piperidine rings is 1. The van der Waals surface area contributed by atoms with Gasteiger partial charge in [-0.25, -0.2) is 0 Å². The highest BCUT2D eigenvalue weighted by Crippen LogP contribution is 2.23. The lowest BCUT2D eigenvalue weighted by molar-refractivity contribution is 0.0990. The minimum absolute atomic E-state index is 0.217. The SMILES string of the molecule is CC(CC(O)C1CCCCN1)c1ccccc1. The molecule has 0 aliphatic carbocycles. The topological polar surface area (TPSA) is 32.3 Å². The Balaban J connectivity index is 1.87. The van der Waals surface area contributed by atoms with E-state index in [0.29, 0.717) is 12.0 Å². The fourth-order valence-electron chi connectivity index (χ4n) is 2.65. The second-order valence-electron chi connectivity index (χ2n) is 5.17. The lowest BCUT2D eigenvalue weighted by atomic mass is 9.89. The molecule has 1 fully saturated rings. The van der Waals surface area contributed by atoms with E-state index in [9.17, 15) is 5.11 Å². The van der Waals surface area contributed by atoms with Crippen molar-refractivity contribution in [1.82, 2.24) is 5.32 Å². The summed E-state index contributed by atoms with van der Waals surface area (Å²) in [7, 11) is 0. The average Bonchev–Trinajstić information content (AvgIpc) is 2.40. The minimum Gasteiger partial charge on any atom is -0.391 e. The molecule has 3 atom stereocenters. The predicted molar refractivity (Wildman–Crippen MR) is 71.1 cm³/mol. The summed E-state index contributed by atoms with van der Waals surface area (Å²) in [4.78, 5) is 0. The van der Waals surface area contributed by atoms with E-state index in [1.165, 1.54) is 18.4 Å². The molecule has 0 saturated carbocycles. The lowest BCUT2D eigenvalue weighted by Gasteiger charge is -2.29. The molecule has 1 aromatic rings. The van der Waals surface area contributed by atoms with E-state index in [1.54, 1.807) is 0 Å². The van der Waals surface area contributed by atoms with Gasteiger partial charge in [0.2, 0.25) is 0 Å². The van der Waals surface area contributed by atoms with Crippen molar-refractivity contribution in [2.24, 2.45) is 0 Å². The Morgan fingerprint density at radius 1 is 1.29 bits per heavy atom. The second kappa shape index (κ2) is 6.18. The molecule has 1 aliphatic rings. The maximum atomic E-state index is 10.2. The van der Waals surface area contributed by atoms with Gasteiger partial charge in [0.05, 0.1) is 6.10 Å². The van der Waals surface area contributed by atoms with Crippen LogP contribution in [0.25, 0.3) is 0 Å². The molecule has 1 saturated heterocycles. The summed E-state index contributed by atoms with van der Waals surface area (Å²) in [6.45, 7) is 3.25. The third-order valence-corrected chi connectivity index (χ3v) is 3.78. The smallest absolute Gasteiger partial charge is 0.0698 e. The van der Waals surface area contributed by atoms with Crippen LogP contribution < -0.4 is 5.32 Å². The third kappa shape index (κ3) is 3.55. The Hall–Kier alpha value is -0.860. The van der Waals surface area contributed by atoms with E-state index in [-0.39, 0.29) is 6.10 Å². The van der Waals surface area contributed by atoms with Crippen LogP contribution in [0.2, 0.25) is 0 Å². The van der Waals surface area contributed by atoms with Crippen LogP contribution in [0.4, 0.5) is 0 Å². The minimum atomic E-state index is -0.217. The molecule has 2 nitrogen and oxygen atoms in total. The molecule has 17 heavy (non-hydrogen) atoms. The van der Waals surface area contributed by atoms with Gasteiger partial charge in [0, 0.05) is 6.04 Å². The highest BCUT2D eigenvalue weighted by molar-refractivity contribution is 5.18. The van der Waals surface area contributed by atoms with Gasteiger partial charge in [0.1, 0.15) is 0 Å². The van der Waals surface area contributed by atoms with Crippen LogP contribution in [0, 0.1) is 0 Å². The van der Waals surface area contributed by atoms with E-state index in [2.05, 4.69) is 36.5 Å². The van der Waals surface area contributed by atoms with E-state index in [0.717, 1.165) is 19.4 Å². The Morgan fingerprint density at radius 3 is 2.71 bits per heavy atom. The maximum absolute atomic E-state index is 10.2. The fraction of sp³-hybridized carbons (Fsp3) is 0.600. The van der Waals surface area contributed by atoms with Gasteiger partial charge >= 0.3 is 0 Å². The number of aliphatic hydroxyl groups excluding tert-OH is 1. The molecule has 0 radical (unpaired) electrons. The molecular weight excluding hydrogens is 210 g/mol. The molecule has 0 aromatic heterocycles. The summed E-state index contributed by atoms with van der Waals surface area (Å²) < 4.78 is 0. The van der Waals surface area contributed by atoms with Crippen molar-refractivity contribution in [2.75, 3.05) is 6.54 Å². The largest absolute Gasteiger partial charge is 0.391 e. The van der Waals surface area contributed by atoms with Gasteiger partial charge < -0.3 is 10.4 Å². The number of nitrogens with one attached hydrogen (secondary N) is 1. The molecule has 2 heteroatoms. The van der Waals surface area contributed by atoms with Gasteiger partial charge in [0.25, 0.3) is 0 Å². The summed E-state index contributed by atoms with van der Waals surface area (Å²) in [5.41, 5.74) is 1.32. The van der Waals surface area contributed by atoms with Crippen LogP contribution in [0.3, 0.4) is 0 Å². The van der Waals surface area contributed by atoms with Gasteiger partial charge in [-0.1, -0.05) is 43.7 Å². The number of benzene rings is 1. The van der Waals surface area contributed by atoms with Crippen LogP contribution >= 0.6 is 0 Å². The Labute approximate surface area is 104 Å². The summed E-state index contributed by atoms with van der Waals surface area (Å²) in [5, 5.41) is 13.7. The van der Waals surface area contributed by atoms with Crippen LogP contribution in [0.1, 0.15) is 44.1 Å². The molecule has 2 N–H and O–H groups in total. The van der Waals surface area contributed by atoms with Crippen molar-refractivity contribution >= 4 is 0 Å². The molecule has 1 aliphatic heterocycles. The molecule has 3 unspecified atom stereocenters. The van der Waals surface area contributed by atoms with E-state index in [1.807, 2.05) is 6.07 Å². The summed E-state index contributed by atoms with van der Waals surface area (Å²) in [6.07, 6.45) is 4.24. The summed E-state index contributed by atoms with van der Waals surface area (Å²) in [6, 6.07) is 10.8. The first-order chi connectivity index (χ1) is 8.27. The first-order valence-electron chi connectivity index (χ1n) is 6.74. The number of rotatable bonds is 4. The Kier molecular flexibility index (Phi) is 4.57. The lowest BCUT2D eigenvalue weighted by Crippen LogP contribution is -2.43. The normalized spacial score (nSPS) is 24.2. The van der Waals surface area contributed by atoms with E-state index in [4.69, 9.17) is 0 Å². The zero-order chi connectivity index (χ0) is 12.1. The molecule has 94 valence electrons. The fourth-order valence-corrected chi connectivity index (χ4v) is 2.65. The molecule has 0 amide bonds. The van der Waals surface area contributed by atoms with Gasteiger partial charge in [0.15, 0.2) is 0 Å². The van der Waals surface area contributed by atoms with E-state index < -0.39 is 0 Å². The van der Waals surface area contributed by atoms with Gasteiger partial charge in [-0.3, -0.25) is 0 Å². The van der Waals surface area contributed by atoms with Crippen LogP contribution in [-0.2, 0) is 0 Å². The molecule has 0 bridgehead atoms. The van der Waals surface area contributed by atoms with Crippen molar-refractivity contribution in [3.63, 3.8) is 0 Å². The second-order valence-corrected chi connectivity index (χ2v) is 5.17. The number of hydrogen-bond acceptors (Lipinski definition) is 2. The molecule has 1 heterocycles. The molecular formula is C15H23NO. The quantitative estimate of drug-likeness (QED) is 0.838. The maximum Gasteiger partial charge on any atom is 0.0698 e. The molecule has 1 aromatic carbocycles. The van der Waals surface area contributed by atoms with E-state index >= 15 is 0 Å². The molecule has 2 rings (SSSR count). The standard InChI is InChI=1S/C15H23NO/c1-12(13-7-3-2-4-8-13)11-15(17)14-9-5-6-10-16-14/h2-4,7-8,12,14-17H,5-6,9-11H2,1H3. The highest BCUT2D eigenvalue weighted by atomic mass is 16.3. The Bertz CT molecular complexity index is 319. The van der Waals surface area contributed by atoms with Crippen LogP contribution in [0.5, 0.6) is 0 Å². The summed E-state index contributed by atoms with van der Waals surface area (Å²) in [5.74, 6) is 0.426. The van der Waals surface area contributed by atoms with Crippen LogP contribution in [-0.4, -0.2) is 23.8 Å². The van der Waals surface area contributed by atoms with Gasteiger partial charge in [-0.05, 0) is 37.3 Å². The van der Waals surface area contributed by atoms with Crippen molar-refractivity contribution in [3.8, 4) is 0 Å². The third-order valence-electron chi connectivity index (χ3n) is 3.78. The van der Waals surface area contributed by atoms with Crippen molar-refractivity contribution in [1.29, 1.82) is 0 Å². The van der Waals surface area contributed by atoms with Crippen LogP contribution in [0.15, 0.2) is 30.3 Å². The predicted octanol–water partition coefficient (Wildman–Crippen LogP) is 2.68. The average molecular weight is 233 g/mol.